The minimum Gasteiger partial charge on any atom is -0.496 e. The molecular weight excluding hydrogens is 228 g/mol. The van der Waals surface area contributed by atoms with Gasteiger partial charge in [-0.05, 0) is 25.1 Å². The predicted octanol–water partition coefficient (Wildman–Crippen LogP) is 2.11. The molecule has 0 spiro atoms. The van der Waals surface area contributed by atoms with E-state index >= 15 is 0 Å². The van der Waals surface area contributed by atoms with Gasteiger partial charge < -0.3 is 20.4 Å². The average Bonchev–Trinajstić information content (AvgIpc) is 2.84. The lowest BCUT2D eigenvalue weighted by Gasteiger charge is -2.11. The molecule has 3 N–H and O–H groups in total. The summed E-state index contributed by atoms with van der Waals surface area (Å²) in [5.74, 6) is 1.67. The van der Waals surface area contributed by atoms with Gasteiger partial charge in [0, 0.05) is 36.7 Å². The van der Waals surface area contributed by atoms with Gasteiger partial charge in [-0.1, -0.05) is 0 Å². The maximum atomic E-state index is 5.78. The quantitative estimate of drug-likeness (QED) is 0.793. The second-order valence-electron chi connectivity index (χ2n) is 3.96. The maximum Gasteiger partial charge on any atom is 0.203 e. The first kappa shape index (κ1) is 12.3. The molecule has 0 radical (unpaired) electrons. The number of nitrogen functional groups attached to an aromatic ring is 1. The molecule has 0 saturated carbocycles. The molecule has 0 atom stereocenters. The van der Waals surface area contributed by atoms with Crippen molar-refractivity contribution in [1.29, 1.82) is 0 Å². The van der Waals surface area contributed by atoms with Crippen LogP contribution >= 0.6 is 0 Å². The molecular formula is C13H18N4O. The molecule has 0 bridgehead atoms. The van der Waals surface area contributed by atoms with Crippen LogP contribution in [0.5, 0.6) is 5.75 Å². The Morgan fingerprint density at radius 1 is 1.44 bits per heavy atom. The van der Waals surface area contributed by atoms with Crippen molar-refractivity contribution in [3.05, 3.63) is 36.2 Å². The van der Waals surface area contributed by atoms with Gasteiger partial charge in [-0.25, -0.2) is 4.98 Å². The van der Waals surface area contributed by atoms with Crippen LogP contribution in [0.2, 0.25) is 0 Å². The molecule has 0 fully saturated rings. The minimum absolute atomic E-state index is 0.630. The number of anilines is 2. The number of methoxy groups -OCH3 is 1. The number of rotatable bonds is 5. The topological polar surface area (TPSA) is 65.1 Å². The van der Waals surface area contributed by atoms with Gasteiger partial charge in [0.15, 0.2) is 0 Å². The highest BCUT2D eigenvalue weighted by Crippen LogP contribution is 2.21. The fraction of sp³-hybridized carbons (Fsp3) is 0.308. The Balaban J connectivity index is 2.12. The summed E-state index contributed by atoms with van der Waals surface area (Å²) >= 11 is 0. The van der Waals surface area contributed by atoms with Crippen molar-refractivity contribution in [1.82, 2.24) is 9.55 Å². The van der Waals surface area contributed by atoms with Gasteiger partial charge in [-0.3, -0.25) is 0 Å². The molecule has 96 valence electrons. The number of nitrogens with two attached hydrogens (primary N) is 1. The molecule has 1 heterocycles. The number of hydrogen-bond acceptors (Lipinski definition) is 4. The summed E-state index contributed by atoms with van der Waals surface area (Å²) in [4.78, 5) is 4.26. The number of aromatic nitrogens is 2. The first-order valence-corrected chi connectivity index (χ1v) is 5.92. The molecule has 0 aliphatic heterocycles. The lowest BCUT2D eigenvalue weighted by atomic mass is 10.2. The van der Waals surface area contributed by atoms with E-state index in [1.165, 1.54) is 0 Å². The van der Waals surface area contributed by atoms with E-state index in [0.29, 0.717) is 6.54 Å². The van der Waals surface area contributed by atoms with Crippen LogP contribution in [0.15, 0.2) is 30.6 Å². The first-order chi connectivity index (χ1) is 8.74. The number of imidazole rings is 1. The van der Waals surface area contributed by atoms with Crippen LogP contribution in [0.1, 0.15) is 12.5 Å². The van der Waals surface area contributed by atoms with Crippen LogP contribution in [0.4, 0.5) is 11.6 Å². The number of aryl methyl sites for hydroxylation is 1. The van der Waals surface area contributed by atoms with E-state index in [2.05, 4.69) is 17.2 Å². The molecule has 1 aromatic heterocycles. The molecule has 0 unspecified atom stereocenters. The number of nitrogens with zero attached hydrogens (tertiary/aromatic N) is 2. The Hall–Kier alpha value is -2.17. The maximum absolute atomic E-state index is 5.78. The normalized spacial score (nSPS) is 10.3. The highest BCUT2D eigenvalue weighted by atomic mass is 16.5. The SMILES string of the molecule is CCn1ccnc1NCc1cc(N)ccc1OC. The van der Waals surface area contributed by atoms with Crippen LogP contribution in [0.3, 0.4) is 0 Å². The molecule has 5 heteroatoms. The molecule has 2 aromatic rings. The van der Waals surface area contributed by atoms with E-state index in [-0.39, 0.29) is 0 Å². The molecule has 18 heavy (non-hydrogen) atoms. The first-order valence-electron chi connectivity index (χ1n) is 5.92. The highest BCUT2D eigenvalue weighted by molar-refractivity contribution is 5.49. The van der Waals surface area contributed by atoms with Crippen molar-refractivity contribution in [2.75, 3.05) is 18.2 Å². The average molecular weight is 246 g/mol. The van der Waals surface area contributed by atoms with E-state index < -0.39 is 0 Å². The molecule has 0 aliphatic carbocycles. The molecule has 0 aliphatic rings. The summed E-state index contributed by atoms with van der Waals surface area (Å²) in [5, 5.41) is 3.28. The van der Waals surface area contributed by atoms with Crippen molar-refractivity contribution >= 4 is 11.6 Å². The zero-order valence-corrected chi connectivity index (χ0v) is 10.7. The zero-order valence-electron chi connectivity index (χ0n) is 10.7. The van der Waals surface area contributed by atoms with Gasteiger partial charge in [0.1, 0.15) is 5.75 Å². The van der Waals surface area contributed by atoms with Gasteiger partial charge in [0.25, 0.3) is 0 Å². The van der Waals surface area contributed by atoms with Crippen LogP contribution in [0, 0.1) is 0 Å². The van der Waals surface area contributed by atoms with Gasteiger partial charge in [-0.15, -0.1) is 0 Å². The fourth-order valence-corrected chi connectivity index (χ4v) is 1.84. The van der Waals surface area contributed by atoms with Crippen molar-refractivity contribution < 1.29 is 4.74 Å². The molecule has 0 saturated heterocycles. The van der Waals surface area contributed by atoms with Gasteiger partial charge in [0.2, 0.25) is 5.95 Å². The second kappa shape index (κ2) is 5.44. The Kier molecular flexibility index (Phi) is 3.72. The molecule has 0 amide bonds. The summed E-state index contributed by atoms with van der Waals surface area (Å²) in [5.41, 5.74) is 7.53. The molecule has 1 aromatic carbocycles. The summed E-state index contributed by atoms with van der Waals surface area (Å²) in [6.07, 6.45) is 3.72. The monoisotopic (exact) mass is 246 g/mol. The van der Waals surface area contributed by atoms with Crippen molar-refractivity contribution in [3.8, 4) is 5.75 Å². The number of benzene rings is 1. The largest absolute Gasteiger partial charge is 0.496 e. The summed E-state index contributed by atoms with van der Waals surface area (Å²) in [7, 11) is 1.65. The van der Waals surface area contributed by atoms with Crippen LogP contribution in [-0.2, 0) is 13.1 Å². The third-order valence-electron chi connectivity index (χ3n) is 2.80. The molecule has 5 nitrogen and oxygen atoms in total. The van der Waals surface area contributed by atoms with Gasteiger partial charge in [0.05, 0.1) is 7.11 Å². The van der Waals surface area contributed by atoms with E-state index in [4.69, 9.17) is 10.5 Å². The lowest BCUT2D eigenvalue weighted by Crippen LogP contribution is -2.07. The standard InChI is InChI=1S/C13H18N4O/c1-3-17-7-6-15-13(17)16-9-10-8-11(14)4-5-12(10)18-2/h4-8H,3,9,14H2,1-2H3,(H,15,16). The number of hydrogen-bond donors (Lipinski definition) is 2. The van der Waals surface area contributed by atoms with E-state index in [0.717, 1.165) is 29.5 Å². The highest BCUT2D eigenvalue weighted by Gasteiger charge is 2.05. The number of ether oxygens (including phenoxy) is 1. The van der Waals surface area contributed by atoms with Gasteiger partial charge >= 0.3 is 0 Å². The fourth-order valence-electron chi connectivity index (χ4n) is 1.84. The Labute approximate surface area is 107 Å². The summed E-state index contributed by atoms with van der Waals surface area (Å²) in [6.45, 7) is 3.59. The van der Waals surface area contributed by atoms with Crippen molar-refractivity contribution in [2.45, 2.75) is 20.0 Å². The third kappa shape index (κ3) is 2.56. The smallest absolute Gasteiger partial charge is 0.203 e. The van der Waals surface area contributed by atoms with E-state index in [1.54, 1.807) is 13.3 Å². The molecule has 2 rings (SSSR count). The van der Waals surface area contributed by atoms with Gasteiger partial charge in [-0.2, -0.15) is 0 Å². The third-order valence-corrected chi connectivity index (χ3v) is 2.80. The number of nitrogens with one attached hydrogen (secondary N) is 1. The minimum atomic E-state index is 0.630. The zero-order chi connectivity index (χ0) is 13.0. The van der Waals surface area contributed by atoms with Crippen molar-refractivity contribution in [3.63, 3.8) is 0 Å². The van der Waals surface area contributed by atoms with Crippen LogP contribution < -0.4 is 15.8 Å². The van der Waals surface area contributed by atoms with Crippen LogP contribution in [-0.4, -0.2) is 16.7 Å². The second-order valence-corrected chi connectivity index (χ2v) is 3.96. The Bertz CT molecular complexity index is 521. The lowest BCUT2D eigenvalue weighted by molar-refractivity contribution is 0.410. The summed E-state index contributed by atoms with van der Waals surface area (Å²) < 4.78 is 7.34. The van der Waals surface area contributed by atoms with Crippen LogP contribution in [0.25, 0.3) is 0 Å². The van der Waals surface area contributed by atoms with E-state index in [1.807, 2.05) is 29.0 Å². The van der Waals surface area contributed by atoms with Crippen molar-refractivity contribution in [2.24, 2.45) is 0 Å². The van der Waals surface area contributed by atoms with E-state index in [9.17, 15) is 0 Å². The Morgan fingerprint density at radius 2 is 2.28 bits per heavy atom. The summed E-state index contributed by atoms with van der Waals surface area (Å²) in [6, 6.07) is 5.61. The Morgan fingerprint density at radius 3 is 3.00 bits per heavy atom. The predicted molar refractivity (Wildman–Crippen MR) is 72.6 cm³/mol.